The van der Waals surface area contributed by atoms with Crippen molar-refractivity contribution in [3.8, 4) is 0 Å². The predicted octanol–water partition coefficient (Wildman–Crippen LogP) is 3.66. The van der Waals surface area contributed by atoms with Crippen molar-refractivity contribution in [3.63, 3.8) is 0 Å². The number of carbonyl (C=O) groups excluding carboxylic acids is 1. The molecule has 22 heavy (non-hydrogen) atoms. The second-order valence-electron chi connectivity index (χ2n) is 5.48. The molecule has 0 radical (unpaired) electrons. The lowest BCUT2D eigenvalue weighted by Crippen LogP contribution is -2.33. The highest BCUT2D eigenvalue weighted by Gasteiger charge is 2.31. The molecule has 1 amide bonds. The largest absolute Gasteiger partial charge is 0.350 e. The van der Waals surface area contributed by atoms with E-state index in [0.717, 1.165) is 16.6 Å². The van der Waals surface area contributed by atoms with Crippen molar-refractivity contribution in [1.29, 1.82) is 0 Å². The zero-order chi connectivity index (χ0) is 14.8. The van der Waals surface area contributed by atoms with Gasteiger partial charge in [-0.1, -0.05) is 23.4 Å². The lowest BCUT2D eigenvalue weighted by Gasteiger charge is -2.20. The number of anilines is 1. The molecule has 1 aliphatic heterocycles. The van der Waals surface area contributed by atoms with Gasteiger partial charge in [-0.3, -0.25) is 9.79 Å². The Morgan fingerprint density at radius 2 is 2.09 bits per heavy atom. The topological polar surface area (TPSA) is 44.7 Å². The minimum Gasteiger partial charge on any atom is -0.350 e. The lowest BCUT2D eigenvalue weighted by atomic mass is 10.2. The minimum absolute atomic E-state index is 0. The summed E-state index contributed by atoms with van der Waals surface area (Å²) in [5.41, 5.74) is 0.782. The van der Waals surface area contributed by atoms with Crippen LogP contribution in [0.3, 0.4) is 0 Å². The van der Waals surface area contributed by atoms with Crippen LogP contribution in [0.4, 0.5) is 5.69 Å². The van der Waals surface area contributed by atoms with E-state index in [1.807, 2.05) is 19.2 Å². The normalized spacial score (nSPS) is 22.5. The Hall–Kier alpha value is -0.910. The van der Waals surface area contributed by atoms with Crippen LogP contribution >= 0.6 is 35.8 Å². The summed E-state index contributed by atoms with van der Waals surface area (Å²) < 4.78 is 0. The van der Waals surface area contributed by atoms with E-state index in [9.17, 15) is 4.79 Å². The van der Waals surface area contributed by atoms with Crippen LogP contribution in [0.2, 0.25) is 5.02 Å². The summed E-state index contributed by atoms with van der Waals surface area (Å²) in [5.74, 6) is 0.957. The standard InChI is InChI=1S/C15H18ClN3OS.ClH/c1-19-13(9-21-15(19)18-12-6-7-12)8-14(20)17-11-4-2-10(16)3-5-11;/h2-5,12-13H,6-9H2,1H3,(H,17,20);1H/b18-15-;. The van der Waals surface area contributed by atoms with E-state index in [-0.39, 0.29) is 24.4 Å². The van der Waals surface area contributed by atoms with Crippen molar-refractivity contribution < 1.29 is 4.79 Å². The molecule has 1 saturated carbocycles. The molecule has 120 valence electrons. The Kier molecular flexibility index (Phi) is 6.01. The Morgan fingerprint density at radius 3 is 2.73 bits per heavy atom. The number of benzene rings is 1. The third-order valence-corrected chi connectivity index (χ3v) is 5.10. The first-order chi connectivity index (χ1) is 10.1. The molecule has 1 atom stereocenters. The maximum atomic E-state index is 12.1. The molecule has 0 spiro atoms. The SMILES string of the molecule is CN1/C(=N/C2CC2)SCC1CC(=O)Nc1ccc(Cl)cc1.Cl. The quantitative estimate of drug-likeness (QED) is 0.891. The van der Waals surface area contributed by atoms with Gasteiger partial charge in [-0.15, -0.1) is 12.4 Å². The molecular weight excluding hydrogens is 341 g/mol. The maximum absolute atomic E-state index is 12.1. The zero-order valence-corrected chi connectivity index (χ0v) is 14.7. The number of hydrogen-bond acceptors (Lipinski definition) is 3. The number of hydrogen-bond donors (Lipinski definition) is 1. The second kappa shape index (κ2) is 7.57. The molecule has 1 heterocycles. The van der Waals surface area contributed by atoms with Crippen molar-refractivity contribution in [2.75, 3.05) is 18.1 Å². The van der Waals surface area contributed by atoms with Gasteiger partial charge in [-0.05, 0) is 37.1 Å². The first-order valence-corrected chi connectivity index (χ1v) is 8.47. The highest BCUT2D eigenvalue weighted by atomic mass is 35.5. The van der Waals surface area contributed by atoms with E-state index >= 15 is 0 Å². The fourth-order valence-electron chi connectivity index (χ4n) is 2.18. The average molecular weight is 360 g/mol. The number of amidine groups is 1. The number of rotatable bonds is 4. The van der Waals surface area contributed by atoms with Crippen LogP contribution in [-0.4, -0.2) is 40.9 Å². The molecule has 0 aromatic heterocycles. The van der Waals surface area contributed by atoms with E-state index in [0.29, 0.717) is 17.5 Å². The molecular formula is C15H19Cl2N3OS. The number of halogens is 2. The molecule has 1 aliphatic carbocycles. The molecule has 0 bridgehead atoms. The Bertz CT molecular complexity index is 560. The third kappa shape index (κ3) is 4.54. The summed E-state index contributed by atoms with van der Waals surface area (Å²) in [5, 5.41) is 4.66. The van der Waals surface area contributed by atoms with Gasteiger partial charge in [0.15, 0.2) is 5.17 Å². The number of thioether (sulfide) groups is 1. The number of nitrogens with one attached hydrogen (secondary N) is 1. The van der Waals surface area contributed by atoms with Crippen molar-refractivity contribution in [3.05, 3.63) is 29.3 Å². The maximum Gasteiger partial charge on any atom is 0.226 e. The van der Waals surface area contributed by atoms with Crippen molar-refractivity contribution in [2.24, 2.45) is 4.99 Å². The molecule has 4 nitrogen and oxygen atoms in total. The monoisotopic (exact) mass is 359 g/mol. The van der Waals surface area contributed by atoms with E-state index in [2.05, 4.69) is 15.2 Å². The van der Waals surface area contributed by atoms with Gasteiger partial charge in [-0.25, -0.2) is 0 Å². The smallest absolute Gasteiger partial charge is 0.226 e. The van der Waals surface area contributed by atoms with Crippen LogP contribution in [0.15, 0.2) is 29.3 Å². The summed E-state index contributed by atoms with van der Waals surface area (Å²) in [6.07, 6.45) is 2.90. The highest BCUT2D eigenvalue weighted by molar-refractivity contribution is 8.14. The van der Waals surface area contributed by atoms with E-state index in [1.165, 1.54) is 12.8 Å². The van der Waals surface area contributed by atoms with Gasteiger partial charge in [0.2, 0.25) is 5.91 Å². The van der Waals surface area contributed by atoms with Crippen LogP contribution in [0.5, 0.6) is 0 Å². The van der Waals surface area contributed by atoms with Gasteiger partial charge in [0, 0.05) is 36.0 Å². The van der Waals surface area contributed by atoms with Gasteiger partial charge in [0.05, 0.1) is 6.04 Å². The lowest BCUT2D eigenvalue weighted by molar-refractivity contribution is -0.116. The fourth-order valence-corrected chi connectivity index (χ4v) is 3.57. The highest BCUT2D eigenvalue weighted by Crippen LogP contribution is 2.30. The van der Waals surface area contributed by atoms with Crippen molar-refractivity contribution in [2.45, 2.75) is 31.3 Å². The minimum atomic E-state index is 0. The number of aliphatic imine (C=N–C) groups is 1. The van der Waals surface area contributed by atoms with E-state index < -0.39 is 0 Å². The van der Waals surface area contributed by atoms with Crippen LogP contribution in [0.25, 0.3) is 0 Å². The zero-order valence-electron chi connectivity index (χ0n) is 12.3. The second-order valence-corrected chi connectivity index (χ2v) is 6.90. The molecule has 1 N–H and O–H groups in total. The average Bonchev–Trinajstić information content (AvgIpc) is 3.21. The van der Waals surface area contributed by atoms with Gasteiger partial charge in [0.25, 0.3) is 0 Å². The Labute approximate surface area is 146 Å². The Balaban J connectivity index is 0.00000176. The molecule has 3 rings (SSSR count). The first-order valence-electron chi connectivity index (χ1n) is 7.10. The van der Waals surface area contributed by atoms with Gasteiger partial charge >= 0.3 is 0 Å². The summed E-state index contributed by atoms with van der Waals surface area (Å²) >= 11 is 7.59. The van der Waals surface area contributed by atoms with Gasteiger partial charge < -0.3 is 10.2 Å². The van der Waals surface area contributed by atoms with Gasteiger partial charge in [0.1, 0.15) is 0 Å². The molecule has 1 aromatic carbocycles. The molecule has 2 fully saturated rings. The number of carbonyl (C=O) groups is 1. The van der Waals surface area contributed by atoms with E-state index in [4.69, 9.17) is 11.6 Å². The summed E-state index contributed by atoms with van der Waals surface area (Å²) in [6, 6.07) is 7.92. The van der Waals surface area contributed by atoms with Crippen LogP contribution in [0, 0.1) is 0 Å². The summed E-state index contributed by atoms with van der Waals surface area (Å²) in [6.45, 7) is 0. The van der Waals surface area contributed by atoms with Gasteiger partial charge in [-0.2, -0.15) is 0 Å². The molecule has 1 unspecified atom stereocenters. The predicted molar refractivity (Wildman–Crippen MR) is 96.4 cm³/mol. The fraction of sp³-hybridized carbons (Fsp3) is 0.467. The van der Waals surface area contributed by atoms with Crippen LogP contribution in [-0.2, 0) is 4.79 Å². The number of nitrogens with zero attached hydrogens (tertiary/aromatic N) is 2. The Morgan fingerprint density at radius 1 is 1.41 bits per heavy atom. The summed E-state index contributed by atoms with van der Waals surface area (Å²) in [7, 11) is 2.03. The van der Waals surface area contributed by atoms with Crippen LogP contribution in [0.1, 0.15) is 19.3 Å². The molecule has 2 aliphatic rings. The first kappa shape index (κ1) is 17.4. The molecule has 1 aromatic rings. The summed E-state index contributed by atoms with van der Waals surface area (Å²) in [4.78, 5) is 18.9. The third-order valence-electron chi connectivity index (χ3n) is 3.64. The van der Waals surface area contributed by atoms with Crippen LogP contribution < -0.4 is 5.32 Å². The number of amides is 1. The molecule has 1 saturated heterocycles. The van der Waals surface area contributed by atoms with Crippen molar-refractivity contribution >= 4 is 52.5 Å². The van der Waals surface area contributed by atoms with Crippen molar-refractivity contribution in [1.82, 2.24) is 4.90 Å². The molecule has 7 heteroatoms. The van der Waals surface area contributed by atoms with E-state index in [1.54, 1.807) is 23.9 Å².